The molecule has 0 bridgehead atoms. The average Bonchev–Trinajstić information content (AvgIpc) is 2.66. The highest BCUT2D eigenvalue weighted by Gasteiger charge is 2.06. The SMILES string of the molecule is Cc1ccc(N=CC=C(Sc2ccc(F)cc2)c2ccc(C)c(C)c2)cc1. The van der Waals surface area contributed by atoms with Crippen molar-refractivity contribution in [3.63, 3.8) is 0 Å². The van der Waals surface area contributed by atoms with Gasteiger partial charge in [-0.3, -0.25) is 4.99 Å². The Balaban J connectivity index is 1.91. The third kappa shape index (κ3) is 5.41. The summed E-state index contributed by atoms with van der Waals surface area (Å²) in [7, 11) is 0. The molecule has 0 heterocycles. The molecule has 0 aromatic heterocycles. The predicted molar refractivity (Wildman–Crippen MR) is 115 cm³/mol. The van der Waals surface area contributed by atoms with Crippen LogP contribution in [-0.4, -0.2) is 6.21 Å². The summed E-state index contributed by atoms with van der Waals surface area (Å²) in [4.78, 5) is 6.59. The van der Waals surface area contributed by atoms with Gasteiger partial charge >= 0.3 is 0 Å². The molecule has 3 heteroatoms. The van der Waals surface area contributed by atoms with Crippen LogP contribution in [0.5, 0.6) is 0 Å². The van der Waals surface area contributed by atoms with Crippen molar-refractivity contribution in [2.45, 2.75) is 25.7 Å². The molecule has 0 unspecified atom stereocenters. The minimum absolute atomic E-state index is 0.225. The van der Waals surface area contributed by atoms with Crippen molar-refractivity contribution in [2.75, 3.05) is 0 Å². The molecule has 0 aliphatic carbocycles. The summed E-state index contributed by atoms with van der Waals surface area (Å²) < 4.78 is 13.2. The molecule has 0 aliphatic rings. The molecule has 0 saturated carbocycles. The molecular weight excluding hydrogens is 353 g/mol. The number of halogens is 1. The highest BCUT2D eigenvalue weighted by atomic mass is 32.2. The van der Waals surface area contributed by atoms with Crippen LogP contribution in [0.15, 0.2) is 82.7 Å². The lowest BCUT2D eigenvalue weighted by atomic mass is 10.1. The molecule has 0 radical (unpaired) electrons. The number of benzene rings is 3. The topological polar surface area (TPSA) is 12.4 Å². The van der Waals surface area contributed by atoms with Crippen LogP contribution in [0.1, 0.15) is 22.3 Å². The molecule has 0 N–H and O–H groups in total. The van der Waals surface area contributed by atoms with Crippen LogP contribution in [0.2, 0.25) is 0 Å². The molecule has 0 fully saturated rings. The summed E-state index contributed by atoms with van der Waals surface area (Å²) in [6.07, 6.45) is 3.84. The van der Waals surface area contributed by atoms with Gasteiger partial charge in [0.15, 0.2) is 0 Å². The Labute approximate surface area is 164 Å². The van der Waals surface area contributed by atoms with Crippen LogP contribution < -0.4 is 0 Å². The Kier molecular flexibility index (Phi) is 6.25. The second-order valence-corrected chi connectivity index (χ2v) is 7.62. The first-order valence-electron chi connectivity index (χ1n) is 8.83. The minimum atomic E-state index is -0.225. The van der Waals surface area contributed by atoms with Gasteiger partial charge in [-0.1, -0.05) is 47.7 Å². The van der Waals surface area contributed by atoms with Gasteiger partial charge in [-0.2, -0.15) is 0 Å². The fraction of sp³-hybridized carbons (Fsp3) is 0.125. The molecule has 1 nitrogen and oxygen atoms in total. The third-order valence-electron chi connectivity index (χ3n) is 4.32. The molecule has 0 saturated heterocycles. The van der Waals surface area contributed by atoms with Gasteiger partial charge in [-0.25, -0.2) is 4.39 Å². The van der Waals surface area contributed by atoms with E-state index < -0.39 is 0 Å². The van der Waals surface area contributed by atoms with Crippen molar-refractivity contribution >= 4 is 28.6 Å². The second kappa shape index (κ2) is 8.83. The van der Waals surface area contributed by atoms with Gasteiger partial charge in [0, 0.05) is 16.0 Å². The van der Waals surface area contributed by atoms with Crippen molar-refractivity contribution < 1.29 is 4.39 Å². The van der Waals surface area contributed by atoms with Crippen molar-refractivity contribution in [3.05, 3.63) is 101 Å². The summed E-state index contributed by atoms with van der Waals surface area (Å²) >= 11 is 1.61. The normalized spacial score (nSPS) is 11.9. The van der Waals surface area contributed by atoms with E-state index in [0.29, 0.717) is 0 Å². The first kappa shape index (κ1) is 19.1. The Morgan fingerprint density at radius 1 is 0.852 bits per heavy atom. The summed E-state index contributed by atoms with van der Waals surface area (Å²) in [5, 5.41) is 0. The Bertz CT molecular complexity index is 970. The van der Waals surface area contributed by atoms with Gasteiger partial charge in [-0.05, 0) is 79.9 Å². The number of thioether (sulfide) groups is 1. The predicted octanol–water partition coefficient (Wildman–Crippen LogP) is 7.29. The molecule has 136 valence electrons. The van der Waals surface area contributed by atoms with Crippen LogP contribution in [0.4, 0.5) is 10.1 Å². The molecule has 0 aliphatic heterocycles. The van der Waals surface area contributed by atoms with Gasteiger partial charge in [0.2, 0.25) is 0 Å². The largest absolute Gasteiger partial charge is 0.257 e. The average molecular weight is 376 g/mol. The molecule has 0 amide bonds. The van der Waals surface area contributed by atoms with Crippen LogP contribution >= 0.6 is 11.8 Å². The van der Waals surface area contributed by atoms with Crippen molar-refractivity contribution in [1.29, 1.82) is 0 Å². The second-order valence-electron chi connectivity index (χ2n) is 6.50. The molecule has 3 aromatic carbocycles. The fourth-order valence-corrected chi connectivity index (χ4v) is 3.44. The lowest BCUT2D eigenvalue weighted by Crippen LogP contribution is -1.87. The lowest BCUT2D eigenvalue weighted by Gasteiger charge is -2.09. The third-order valence-corrected chi connectivity index (χ3v) is 5.42. The van der Waals surface area contributed by atoms with Crippen molar-refractivity contribution in [2.24, 2.45) is 4.99 Å². The molecular formula is C24H22FNS. The lowest BCUT2D eigenvalue weighted by molar-refractivity contribution is 0.626. The van der Waals surface area contributed by atoms with E-state index in [9.17, 15) is 4.39 Å². The molecule has 0 spiro atoms. The number of hydrogen-bond donors (Lipinski definition) is 0. The van der Waals surface area contributed by atoms with Crippen LogP contribution in [0.3, 0.4) is 0 Å². The zero-order chi connectivity index (χ0) is 19.2. The molecule has 3 aromatic rings. The standard InChI is InChI=1S/C24H22FNS/c1-17-4-10-22(11-5-17)26-15-14-24(20-7-6-18(2)19(3)16-20)27-23-12-8-21(25)9-13-23/h4-16H,1-3H3. The maximum absolute atomic E-state index is 13.2. The minimum Gasteiger partial charge on any atom is -0.257 e. The summed E-state index contributed by atoms with van der Waals surface area (Å²) in [6.45, 7) is 6.28. The number of rotatable bonds is 5. The van der Waals surface area contributed by atoms with Crippen LogP contribution in [0, 0.1) is 26.6 Å². The van der Waals surface area contributed by atoms with E-state index in [1.54, 1.807) is 23.9 Å². The Morgan fingerprint density at radius 3 is 2.22 bits per heavy atom. The van der Waals surface area contributed by atoms with Gasteiger partial charge < -0.3 is 0 Å². The highest BCUT2D eigenvalue weighted by Crippen LogP contribution is 2.34. The molecule has 0 atom stereocenters. The van der Waals surface area contributed by atoms with Gasteiger partial charge in [-0.15, -0.1) is 0 Å². The molecule has 27 heavy (non-hydrogen) atoms. The number of nitrogens with zero attached hydrogens (tertiary/aromatic N) is 1. The first-order chi connectivity index (χ1) is 13.0. The van der Waals surface area contributed by atoms with Crippen LogP contribution in [0.25, 0.3) is 4.91 Å². The van der Waals surface area contributed by atoms with E-state index in [1.165, 1.54) is 28.8 Å². The van der Waals surface area contributed by atoms with E-state index in [2.05, 4.69) is 44.0 Å². The van der Waals surface area contributed by atoms with Crippen molar-refractivity contribution in [3.8, 4) is 0 Å². The maximum atomic E-state index is 13.2. The number of allylic oxidation sites excluding steroid dienone is 1. The van der Waals surface area contributed by atoms with E-state index in [1.807, 2.05) is 36.6 Å². The first-order valence-corrected chi connectivity index (χ1v) is 9.65. The summed E-state index contributed by atoms with van der Waals surface area (Å²) in [6, 6.07) is 21.1. The quantitative estimate of drug-likeness (QED) is 0.337. The zero-order valence-electron chi connectivity index (χ0n) is 15.7. The summed E-state index contributed by atoms with van der Waals surface area (Å²) in [5.41, 5.74) is 5.77. The highest BCUT2D eigenvalue weighted by molar-refractivity contribution is 8.08. The van der Waals surface area contributed by atoms with E-state index in [4.69, 9.17) is 0 Å². The van der Waals surface area contributed by atoms with Crippen molar-refractivity contribution in [1.82, 2.24) is 0 Å². The Hall–Kier alpha value is -2.65. The van der Waals surface area contributed by atoms with E-state index in [0.717, 1.165) is 21.1 Å². The van der Waals surface area contributed by atoms with Crippen LogP contribution in [-0.2, 0) is 0 Å². The van der Waals surface area contributed by atoms with E-state index in [-0.39, 0.29) is 5.82 Å². The maximum Gasteiger partial charge on any atom is 0.123 e. The monoisotopic (exact) mass is 375 g/mol. The Morgan fingerprint density at radius 2 is 1.56 bits per heavy atom. The number of hydrogen-bond acceptors (Lipinski definition) is 2. The number of aryl methyl sites for hydroxylation is 3. The van der Waals surface area contributed by atoms with Gasteiger partial charge in [0.1, 0.15) is 5.82 Å². The van der Waals surface area contributed by atoms with E-state index >= 15 is 0 Å². The molecule has 3 rings (SSSR count). The van der Waals surface area contributed by atoms with Gasteiger partial charge in [0.05, 0.1) is 5.69 Å². The smallest absolute Gasteiger partial charge is 0.123 e. The fourth-order valence-electron chi connectivity index (χ4n) is 2.54. The van der Waals surface area contributed by atoms with Gasteiger partial charge in [0.25, 0.3) is 0 Å². The summed E-state index contributed by atoms with van der Waals surface area (Å²) in [5.74, 6) is -0.225. The number of aliphatic imine (C=N–C) groups is 1. The zero-order valence-corrected chi connectivity index (χ0v) is 16.6.